The molecule has 2 atom stereocenters. The first-order chi connectivity index (χ1) is 6.59. The largest absolute Gasteiger partial charge is 0.377 e. The molecule has 0 spiro atoms. The van der Waals surface area contributed by atoms with Crippen molar-refractivity contribution >= 4 is 0 Å². The maximum absolute atomic E-state index is 5.91. The van der Waals surface area contributed by atoms with Crippen molar-refractivity contribution in [2.24, 2.45) is 0 Å². The average molecular weight is 197 g/mol. The molecule has 2 rings (SSSR count). The van der Waals surface area contributed by atoms with Crippen LogP contribution in [0.2, 0.25) is 0 Å². The molecule has 0 aromatic rings. The molecule has 0 N–H and O–H groups in total. The van der Waals surface area contributed by atoms with Gasteiger partial charge in [0.15, 0.2) is 0 Å². The summed E-state index contributed by atoms with van der Waals surface area (Å²) in [6.07, 6.45) is 5.68. The molecule has 2 nitrogen and oxygen atoms in total. The predicted molar refractivity (Wildman–Crippen MR) is 58.5 cm³/mol. The van der Waals surface area contributed by atoms with Crippen LogP contribution in [0.25, 0.3) is 0 Å². The molecular weight excluding hydrogens is 174 g/mol. The van der Waals surface area contributed by atoms with Gasteiger partial charge in [-0.25, -0.2) is 0 Å². The van der Waals surface area contributed by atoms with Gasteiger partial charge in [0, 0.05) is 24.7 Å². The molecule has 0 radical (unpaired) electrons. The van der Waals surface area contributed by atoms with E-state index in [0.29, 0.717) is 17.7 Å². The normalized spacial score (nSPS) is 35.4. The predicted octanol–water partition coefficient (Wildman–Crippen LogP) is 2.43. The van der Waals surface area contributed by atoms with Gasteiger partial charge in [-0.1, -0.05) is 0 Å². The topological polar surface area (TPSA) is 12.5 Å². The molecule has 1 aliphatic heterocycles. The summed E-state index contributed by atoms with van der Waals surface area (Å²) in [5, 5.41) is 0. The Labute approximate surface area is 87.6 Å². The minimum absolute atomic E-state index is 0.307. The van der Waals surface area contributed by atoms with Crippen molar-refractivity contribution in [2.45, 2.75) is 64.1 Å². The van der Waals surface area contributed by atoms with E-state index in [-0.39, 0.29) is 0 Å². The number of ether oxygens (including phenoxy) is 1. The summed E-state index contributed by atoms with van der Waals surface area (Å²) >= 11 is 0. The zero-order valence-corrected chi connectivity index (χ0v) is 9.75. The first-order valence-electron chi connectivity index (χ1n) is 5.97. The first kappa shape index (κ1) is 10.4. The number of fused-ring (bicyclic) bond motifs is 1. The van der Waals surface area contributed by atoms with E-state index in [9.17, 15) is 0 Å². The van der Waals surface area contributed by atoms with Gasteiger partial charge in [-0.05, 0) is 46.5 Å². The Morgan fingerprint density at radius 1 is 1.14 bits per heavy atom. The maximum Gasteiger partial charge on any atom is 0.0730 e. The summed E-state index contributed by atoms with van der Waals surface area (Å²) in [6.45, 7) is 9.16. The second kappa shape index (κ2) is 3.82. The van der Waals surface area contributed by atoms with E-state index in [1.54, 1.807) is 0 Å². The Hall–Kier alpha value is -0.0800. The van der Waals surface area contributed by atoms with E-state index in [1.165, 1.54) is 32.2 Å². The molecule has 1 saturated carbocycles. The van der Waals surface area contributed by atoms with Crippen molar-refractivity contribution in [1.82, 2.24) is 4.90 Å². The lowest BCUT2D eigenvalue weighted by Crippen LogP contribution is -2.50. The highest BCUT2D eigenvalue weighted by Crippen LogP contribution is 2.33. The lowest BCUT2D eigenvalue weighted by molar-refractivity contribution is 0.00736. The van der Waals surface area contributed by atoms with Gasteiger partial charge in [-0.15, -0.1) is 0 Å². The van der Waals surface area contributed by atoms with Crippen LogP contribution in [-0.2, 0) is 4.74 Å². The number of rotatable bonds is 0. The molecule has 1 aliphatic carbocycles. The quantitative estimate of drug-likeness (QED) is 0.591. The van der Waals surface area contributed by atoms with Crippen LogP contribution in [-0.4, -0.2) is 35.7 Å². The van der Waals surface area contributed by atoms with Crippen molar-refractivity contribution in [1.29, 1.82) is 0 Å². The van der Waals surface area contributed by atoms with E-state index in [4.69, 9.17) is 4.74 Å². The third kappa shape index (κ3) is 1.96. The number of nitrogens with zero attached hydrogens (tertiary/aromatic N) is 1. The highest BCUT2D eigenvalue weighted by atomic mass is 16.5. The first-order valence-corrected chi connectivity index (χ1v) is 5.97. The summed E-state index contributed by atoms with van der Waals surface area (Å²) in [5.41, 5.74) is 0.307. The summed E-state index contributed by atoms with van der Waals surface area (Å²) in [4.78, 5) is 2.66. The molecular formula is C12H23NO. The van der Waals surface area contributed by atoms with Crippen LogP contribution in [0, 0.1) is 0 Å². The van der Waals surface area contributed by atoms with Crippen molar-refractivity contribution in [2.75, 3.05) is 13.2 Å². The van der Waals surface area contributed by atoms with E-state index in [0.717, 1.165) is 6.61 Å². The molecule has 2 heteroatoms. The molecule has 0 unspecified atom stereocenters. The minimum atomic E-state index is 0.307. The summed E-state index contributed by atoms with van der Waals surface area (Å²) in [5.74, 6) is 0. The molecule has 0 aromatic carbocycles. The second-order valence-corrected chi connectivity index (χ2v) is 5.63. The van der Waals surface area contributed by atoms with Crippen molar-refractivity contribution in [3.05, 3.63) is 0 Å². The third-order valence-corrected chi connectivity index (χ3v) is 3.55. The number of hydrogen-bond acceptors (Lipinski definition) is 2. The minimum Gasteiger partial charge on any atom is -0.377 e. The van der Waals surface area contributed by atoms with Crippen LogP contribution in [0.4, 0.5) is 0 Å². The van der Waals surface area contributed by atoms with Gasteiger partial charge in [-0.2, -0.15) is 0 Å². The lowest BCUT2D eigenvalue weighted by atomic mass is 10.0. The Bertz CT molecular complexity index is 197. The molecule has 1 saturated heterocycles. The van der Waals surface area contributed by atoms with Gasteiger partial charge in [-0.3, -0.25) is 4.90 Å². The molecule has 1 heterocycles. The molecule has 0 bridgehead atoms. The average Bonchev–Trinajstić information content (AvgIpc) is 2.42. The Kier molecular flexibility index (Phi) is 2.85. The van der Waals surface area contributed by atoms with E-state index in [2.05, 4.69) is 25.7 Å². The monoisotopic (exact) mass is 197 g/mol. The van der Waals surface area contributed by atoms with Crippen molar-refractivity contribution < 1.29 is 4.74 Å². The molecule has 2 aliphatic rings. The fourth-order valence-corrected chi connectivity index (χ4v) is 2.93. The molecule has 14 heavy (non-hydrogen) atoms. The van der Waals surface area contributed by atoms with Gasteiger partial charge in [0.1, 0.15) is 0 Å². The lowest BCUT2D eigenvalue weighted by Gasteiger charge is -2.40. The van der Waals surface area contributed by atoms with Gasteiger partial charge in [0.25, 0.3) is 0 Å². The molecule has 0 amide bonds. The fourth-order valence-electron chi connectivity index (χ4n) is 2.93. The number of hydrogen-bond donors (Lipinski definition) is 0. The van der Waals surface area contributed by atoms with Crippen LogP contribution in [0.5, 0.6) is 0 Å². The van der Waals surface area contributed by atoms with Gasteiger partial charge >= 0.3 is 0 Å². The van der Waals surface area contributed by atoms with Crippen molar-refractivity contribution in [3.8, 4) is 0 Å². The third-order valence-electron chi connectivity index (χ3n) is 3.55. The van der Waals surface area contributed by atoms with E-state index in [1.807, 2.05) is 0 Å². The fraction of sp³-hybridized carbons (Fsp3) is 1.00. The van der Waals surface area contributed by atoms with Crippen LogP contribution in [0.3, 0.4) is 0 Å². The zero-order chi connectivity index (χ0) is 10.2. The van der Waals surface area contributed by atoms with Crippen LogP contribution in [0.1, 0.15) is 46.5 Å². The van der Waals surface area contributed by atoms with Crippen LogP contribution < -0.4 is 0 Å². The van der Waals surface area contributed by atoms with E-state index >= 15 is 0 Å². The standard InChI is InChI=1S/C12H23NO/c1-12(2,3)13-8-5-9-14-11-7-4-6-10(11)13/h10-11H,4-9H2,1-3H3/t10-,11+/m0/s1. The van der Waals surface area contributed by atoms with Gasteiger partial charge < -0.3 is 4.74 Å². The Morgan fingerprint density at radius 2 is 1.93 bits per heavy atom. The SMILES string of the molecule is CC(C)(C)N1CCCO[C@@H]2CCC[C@@H]21. The van der Waals surface area contributed by atoms with Gasteiger partial charge in [0.2, 0.25) is 0 Å². The van der Waals surface area contributed by atoms with Gasteiger partial charge in [0.05, 0.1) is 6.10 Å². The second-order valence-electron chi connectivity index (χ2n) is 5.63. The summed E-state index contributed by atoms with van der Waals surface area (Å²) in [7, 11) is 0. The molecule has 2 fully saturated rings. The van der Waals surface area contributed by atoms with Crippen LogP contribution >= 0.6 is 0 Å². The highest BCUT2D eigenvalue weighted by molar-refractivity contribution is 4.93. The Balaban J connectivity index is 2.13. The molecule has 0 aromatic heterocycles. The zero-order valence-electron chi connectivity index (χ0n) is 9.75. The highest BCUT2D eigenvalue weighted by Gasteiger charge is 2.38. The Morgan fingerprint density at radius 3 is 2.64 bits per heavy atom. The summed E-state index contributed by atoms with van der Waals surface area (Å²) < 4.78 is 5.91. The van der Waals surface area contributed by atoms with Crippen molar-refractivity contribution in [3.63, 3.8) is 0 Å². The van der Waals surface area contributed by atoms with E-state index < -0.39 is 0 Å². The molecule has 82 valence electrons. The summed E-state index contributed by atoms with van der Waals surface area (Å²) in [6, 6.07) is 0.692. The maximum atomic E-state index is 5.91. The van der Waals surface area contributed by atoms with Crippen LogP contribution in [0.15, 0.2) is 0 Å². The smallest absolute Gasteiger partial charge is 0.0730 e.